The third-order valence-corrected chi connectivity index (χ3v) is 8.18. The minimum atomic E-state index is 0.0823. The molecule has 0 amide bonds. The maximum atomic E-state index is 5.44. The molecule has 3 heterocycles. The van der Waals surface area contributed by atoms with E-state index in [9.17, 15) is 0 Å². The Morgan fingerprint density at radius 3 is 2.50 bits per heavy atom. The van der Waals surface area contributed by atoms with Gasteiger partial charge in [-0.15, -0.1) is 11.3 Å². The van der Waals surface area contributed by atoms with E-state index in [4.69, 9.17) is 4.98 Å². The molecule has 1 fully saturated rings. The molecule has 2 aromatic heterocycles. The first-order valence-corrected chi connectivity index (χ1v) is 13.4. The van der Waals surface area contributed by atoms with Crippen LogP contribution in [0.2, 0.25) is 0 Å². The van der Waals surface area contributed by atoms with E-state index >= 15 is 0 Å². The van der Waals surface area contributed by atoms with Crippen LogP contribution in [0, 0.1) is 5.92 Å². The van der Waals surface area contributed by atoms with Gasteiger partial charge < -0.3 is 4.90 Å². The van der Waals surface area contributed by atoms with Crippen LogP contribution in [0.3, 0.4) is 0 Å². The summed E-state index contributed by atoms with van der Waals surface area (Å²) in [7, 11) is 1.74. The predicted octanol–water partition coefficient (Wildman–Crippen LogP) is 6.92. The first-order chi connectivity index (χ1) is 15.6. The van der Waals surface area contributed by atoms with E-state index in [2.05, 4.69) is 53.6 Å². The van der Waals surface area contributed by atoms with Crippen molar-refractivity contribution in [2.45, 2.75) is 84.6 Å². The van der Waals surface area contributed by atoms with E-state index in [1.807, 2.05) is 11.3 Å². The third-order valence-electron chi connectivity index (χ3n) is 6.93. The number of aryl methyl sites for hydroxylation is 2. The van der Waals surface area contributed by atoms with Crippen LogP contribution in [-0.4, -0.2) is 25.1 Å². The zero-order valence-corrected chi connectivity index (χ0v) is 21.1. The van der Waals surface area contributed by atoms with Crippen LogP contribution < -0.4 is 10.3 Å². The van der Waals surface area contributed by atoms with Crippen molar-refractivity contribution in [1.29, 1.82) is 0 Å². The molecule has 0 bridgehead atoms. The largest absolute Gasteiger partial charge is 0.356 e. The second-order valence-electron chi connectivity index (χ2n) is 9.53. The van der Waals surface area contributed by atoms with Gasteiger partial charge in [0.25, 0.3) is 0 Å². The van der Waals surface area contributed by atoms with Gasteiger partial charge in [-0.3, -0.25) is 5.43 Å². The summed E-state index contributed by atoms with van der Waals surface area (Å²) in [6.45, 7) is 9.02. The van der Waals surface area contributed by atoms with Gasteiger partial charge in [0, 0.05) is 39.7 Å². The quantitative estimate of drug-likeness (QED) is 0.281. The molecule has 2 aromatic rings. The van der Waals surface area contributed by atoms with E-state index in [0.717, 1.165) is 32.4 Å². The number of aromatic nitrogens is 1. The maximum Gasteiger partial charge on any atom is 0.134 e. The fourth-order valence-corrected chi connectivity index (χ4v) is 6.25. The van der Waals surface area contributed by atoms with Crippen molar-refractivity contribution in [3.63, 3.8) is 0 Å². The summed E-state index contributed by atoms with van der Waals surface area (Å²) < 4.78 is 0. The molecule has 32 heavy (non-hydrogen) atoms. The van der Waals surface area contributed by atoms with Gasteiger partial charge in [-0.25, -0.2) is 4.98 Å². The highest BCUT2D eigenvalue weighted by atomic mass is 32.1. The predicted molar refractivity (Wildman–Crippen MR) is 136 cm³/mol. The number of piperidine rings is 1. The van der Waals surface area contributed by atoms with Gasteiger partial charge in [0.15, 0.2) is 0 Å². The number of nitrogens with one attached hydrogen (secondary N) is 1. The second kappa shape index (κ2) is 10.8. The van der Waals surface area contributed by atoms with Crippen LogP contribution in [0.5, 0.6) is 0 Å². The lowest BCUT2D eigenvalue weighted by Crippen LogP contribution is -2.34. The summed E-state index contributed by atoms with van der Waals surface area (Å²) in [5.41, 5.74) is 9.04. The molecular formula is C26H39N5S. The van der Waals surface area contributed by atoms with E-state index in [0.29, 0.717) is 5.92 Å². The first-order valence-electron chi connectivity index (χ1n) is 12.6. The second-order valence-corrected chi connectivity index (χ2v) is 10.7. The molecular weight excluding hydrogens is 414 g/mol. The number of anilines is 1. The van der Waals surface area contributed by atoms with Gasteiger partial charge in [-0.05, 0) is 75.0 Å². The average Bonchev–Trinajstić information content (AvgIpc) is 3.16. The fourth-order valence-electron chi connectivity index (χ4n) is 5.21. The van der Waals surface area contributed by atoms with Crippen LogP contribution in [0.15, 0.2) is 22.5 Å². The number of hydrogen-bond donors (Lipinski definition) is 1. The van der Waals surface area contributed by atoms with Crippen molar-refractivity contribution in [2.24, 2.45) is 16.3 Å². The standard InChI is InChI=1S/C26H39N5S/c1-5-19-14-15-22(32-19)23-20-12-8-6-9-13-21(20)28-26(31-16-10-7-11-17-31)24(23)25(18(2)3)29-30-27-4/h14-15,18,25H,5-13,16-17H2,1-4H3,(H,27,29). The van der Waals surface area contributed by atoms with E-state index in [1.165, 1.54) is 76.5 Å². The molecule has 1 unspecified atom stereocenters. The van der Waals surface area contributed by atoms with Crippen molar-refractivity contribution in [1.82, 2.24) is 10.4 Å². The van der Waals surface area contributed by atoms with Crippen LogP contribution >= 0.6 is 11.3 Å². The lowest BCUT2D eigenvalue weighted by atomic mass is 9.87. The molecule has 174 valence electrons. The highest BCUT2D eigenvalue weighted by Gasteiger charge is 2.32. The first kappa shape index (κ1) is 23.2. The summed E-state index contributed by atoms with van der Waals surface area (Å²) in [6.07, 6.45) is 10.9. The van der Waals surface area contributed by atoms with E-state index in [1.54, 1.807) is 7.05 Å². The maximum absolute atomic E-state index is 5.44. The van der Waals surface area contributed by atoms with Crippen LogP contribution in [0.4, 0.5) is 5.82 Å². The normalized spacial score (nSPS) is 18.1. The van der Waals surface area contributed by atoms with Crippen molar-refractivity contribution in [2.75, 3.05) is 25.0 Å². The highest BCUT2D eigenvalue weighted by Crippen LogP contribution is 2.45. The van der Waals surface area contributed by atoms with Crippen molar-refractivity contribution in [3.05, 3.63) is 33.8 Å². The molecule has 1 aliphatic carbocycles. The molecule has 5 nitrogen and oxygen atoms in total. The molecule has 1 N–H and O–H groups in total. The Bertz CT molecular complexity index is 927. The summed E-state index contributed by atoms with van der Waals surface area (Å²) in [5, 5.41) is 8.31. The average molecular weight is 454 g/mol. The molecule has 0 aromatic carbocycles. The molecule has 0 saturated carbocycles. The highest BCUT2D eigenvalue weighted by molar-refractivity contribution is 7.15. The van der Waals surface area contributed by atoms with Crippen LogP contribution in [0.1, 0.15) is 87.0 Å². The number of pyridine rings is 1. The van der Waals surface area contributed by atoms with Gasteiger partial charge in [-0.2, -0.15) is 5.11 Å². The Morgan fingerprint density at radius 1 is 1.06 bits per heavy atom. The zero-order valence-electron chi connectivity index (χ0n) is 20.3. The Balaban J connectivity index is 1.99. The van der Waals surface area contributed by atoms with Crippen LogP contribution in [0.25, 0.3) is 10.4 Å². The molecule has 1 saturated heterocycles. The SMILES string of the molecule is CCc1ccc(-c2c3c(nc(N4CCCCC4)c2C(NN=NC)C(C)C)CCCCC3)s1. The Hall–Kier alpha value is -1.95. The van der Waals surface area contributed by atoms with Gasteiger partial charge in [0.2, 0.25) is 0 Å². The minimum Gasteiger partial charge on any atom is -0.356 e. The summed E-state index contributed by atoms with van der Waals surface area (Å²) in [4.78, 5) is 10.8. The fraction of sp³-hybridized carbons (Fsp3) is 0.654. The van der Waals surface area contributed by atoms with Crippen molar-refractivity contribution in [3.8, 4) is 10.4 Å². The summed E-state index contributed by atoms with van der Waals surface area (Å²) in [5.74, 6) is 1.57. The third kappa shape index (κ3) is 4.85. The molecule has 0 spiro atoms. The van der Waals surface area contributed by atoms with Crippen molar-refractivity contribution < 1.29 is 0 Å². The van der Waals surface area contributed by atoms with Gasteiger partial charge >= 0.3 is 0 Å². The Morgan fingerprint density at radius 2 is 1.81 bits per heavy atom. The topological polar surface area (TPSA) is 52.9 Å². The lowest BCUT2D eigenvalue weighted by Gasteiger charge is -2.35. The summed E-state index contributed by atoms with van der Waals surface area (Å²) in [6, 6.07) is 4.75. The van der Waals surface area contributed by atoms with E-state index in [-0.39, 0.29) is 6.04 Å². The summed E-state index contributed by atoms with van der Waals surface area (Å²) >= 11 is 1.96. The smallest absolute Gasteiger partial charge is 0.134 e. The van der Waals surface area contributed by atoms with Crippen molar-refractivity contribution >= 4 is 17.2 Å². The Kier molecular flexibility index (Phi) is 7.82. The molecule has 2 aliphatic rings. The van der Waals surface area contributed by atoms with E-state index < -0.39 is 0 Å². The lowest BCUT2D eigenvalue weighted by molar-refractivity contribution is 0.409. The molecule has 1 atom stereocenters. The Labute approximate surface area is 197 Å². The molecule has 6 heteroatoms. The number of rotatable bonds is 7. The van der Waals surface area contributed by atoms with Gasteiger partial charge in [0.05, 0.1) is 13.1 Å². The number of nitrogens with zero attached hydrogens (tertiary/aromatic N) is 4. The van der Waals surface area contributed by atoms with Crippen LogP contribution in [-0.2, 0) is 19.3 Å². The zero-order chi connectivity index (χ0) is 22.5. The molecule has 1 aliphatic heterocycles. The van der Waals surface area contributed by atoms with Gasteiger partial charge in [-0.1, -0.05) is 32.4 Å². The number of thiophene rings is 1. The minimum absolute atomic E-state index is 0.0823. The molecule has 4 rings (SSSR count). The number of hydrogen-bond acceptors (Lipinski definition) is 5. The monoisotopic (exact) mass is 453 g/mol. The van der Waals surface area contributed by atoms with Gasteiger partial charge in [0.1, 0.15) is 5.82 Å². The number of fused-ring (bicyclic) bond motifs is 1. The molecule has 0 radical (unpaired) electrons.